The van der Waals surface area contributed by atoms with Gasteiger partial charge in [-0.2, -0.15) is 0 Å². The van der Waals surface area contributed by atoms with Gasteiger partial charge in [-0.15, -0.1) is 10.2 Å². The summed E-state index contributed by atoms with van der Waals surface area (Å²) in [5.74, 6) is 2.38. The highest BCUT2D eigenvalue weighted by Gasteiger charge is 2.49. The predicted molar refractivity (Wildman–Crippen MR) is 95.5 cm³/mol. The normalized spacial score (nSPS) is 19.1. The van der Waals surface area contributed by atoms with Crippen LogP contribution in [0.2, 0.25) is 0 Å². The highest BCUT2D eigenvalue weighted by molar-refractivity contribution is 5.52. The van der Waals surface area contributed by atoms with Gasteiger partial charge in [0.1, 0.15) is 5.82 Å². The Kier molecular flexibility index (Phi) is 2.91. The number of hydrogen-bond donors (Lipinski definition) is 0. The van der Waals surface area contributed by atoms with Crippen LogP contribution in [0.4, 0.5) is 0 Å². The Morgan fingerprint density at radius 2 is 1.79 bits per heavy atom. The van der Waals surface area contributed by atoms with E-state index in [0.717, 1.165) is 17.4 Å². The second-order valence-electron chi connectivity index (χ2n) is 7.81. The maximum absolute atomic E-state index is 4.63. The van der Waals surface area contributed by atoms with E-state index in [1.807, 2.05) is 0 Å². The SMILES string of the molecule is CC(C)c1cccn2c(C3(c4ccc(C5CC5)cc4)CC3)nnc12. The fraction of sp³-hybridized carbons (Fsp3) is 0.429. The molecular formula is C21H23N3. The van der Waals surface area contributed by atoms with Crippen LogP contribution in [0.3, 0.4) is 0 Å². The molecule has 24 heavy (non-hydrogen) atoms. The molecule has 1 aromatic carbocycles. The van der Waals surface area contributed by atoms with Crippen LogP contribution in [-0.2, 0) is 5.41 Å². The van der Waals surface area contributed by atoms with Crippen LogP contribution in [0.15, 0.2) is 42.6 Å². The zero-order valence-electron chi connectivity index (χ0n) is 14.4. The zero-order chi connectivity index (χ0) is 16.3. The first-order valence-electron chi connectivity index (χ1n) is 9.13. The molecular weight excluding hydrogens is 294 g/mol. The molecule has 3 heteroatoms. The lowest BCUT2D eigenvalue weighted by Crippen LogP contribution is -2.13. The first kappa shape index (κ1) is 14.2. The van der Waals surface area contributed by atoms with E-state index < -0.39 is 0 Å². The third-order valence-corrected chi connectivity index (χ3v) is 5.78. The van der Waals surface area contributed by atoms with Crippen LogP contribution < -0.4 is 0 Å². The topological polar surface area (TPSA) is 30.2 Å². The van der Waals surface area contributed by atoms with E-state index in [1.165, 1.54) is 42.4 Å². The van der Waals surface area contributed by atoms with Gasteiger partial charge in [-0.05, 0) is 60.3 Å². The van der Waals surface area contributed by atoms with Crippen LogP contribution in [-0.4, -0.2) is 14.6 Å². The molecule has 3 aromatic rings. The molecule has 5 rings (SSSR count). The summed E-state index contributed by atoms with van der Waals surface area (Å²) >= 11 is 0. The summed E-state index contributed by atoms with van der Waals surface area (Å²) in [6.45, 7) is 4.43. The minimum absolute atomic E-state index is 0.0666. The van der Waals surface area contributed by atoms with Crippen molar-refractivity contribution in [1.82, 2.24) is 14.6 Å². The lowest BCUT2D eigenvalue weighted by molar-refractivity contribution is 0.738. The van der Waals surface area contributed by atoms with Gasteiger partial charge < -0.3 is 0 Å². The Hall–Kier alpha value is -2.16. The summed E-state index contributed by atoms with van der Waals surface area (Å²) in [5, 5.41) is 9.17. The van der Waals surface area contributed by atoms with E-state index in [-0.39, 0.29) is 5.41 Å². The molecule has 0 unspecified atom stereocenters. The van der Waals surface area contributed by atoms with Crippen molar-refractivity contribution < 1.29 is 0 Å². The number of hydrogen-bond acceptors (Lipinski definition) is 2. The van der Waals surface area contributed by atoms with Crippen molar-refractivity contribution in [3.05, 3.63) is 65.1 Å². The quantitative estimate of drug-likeness (QED) is 0.691. The predicted octanol–water partition coefficient (Wildman–Crippen LogP) is 4.81. The molecule has 2 saturated carbocycles. The minimum atomic E-state index is 0.0666. The fourth-order valence-electron chi connectivity index (χ4n) is 3.97. The number of pyridine rings is 1. The lowest BCUT2D eigenvalue weighted by Gasteiger charge is -2.15. The Morgan fingerprint density at radius 1 is 1.04 bits per heavy atom. The molecule has 0 saturated heterocycles. The largest absolute Gasteiger partial charge is 0.285 e. The Morgan fingerprint density at radius 3 is 2.42 bits per heavy atom. The van der Waals surface area contributed by atoms with Crippen molar-refractivity contribution >= 4 is 5.65 Å². The van der Waals surface area contributed by atoms with Gasteiger partial charge in [-0.1, -0.05) is 44.2 Å². The lowest BCUT2D eigenvalue weighted by atomic mass is 9.93. The molecule has 0 bridgehead atoms. The second-order valence-corrected chi connectivity index (χ2v) is 7.81. The van der Waals surface area contributed by atoms with E-state index in [1.54, 1.807) is 0 Å². The van der Waals surface area contributed by atoms with Gasteiger partial charge in [0.25, 0.3) is 0 Å². The third-order valence-electron chi connectivity index (χ3n) is 5.78. The first-order chi connectivity index (χ1) is 11.7. The second kappa shape index (κ2) is 4.92. The van der Waals surface area contributed by atoms with E-state index >= 15 is 0 Å². The fourth-order valence-corrected chi connectivity index (χ4v) is 3.97. The van der Waals surface area contributed by atoms with Crippen LogP contribution in [0, 0.1) is 0 Å². The first-order valence-corrected chi connectivity index (χ1v) is 9.13. The van der Waals surface area contributed by atoms with Gasteiger partial charge in [-0.25, -0.2) is 0 Å². The maximum Gasteiger partial charge on any atom is 0.164 e. The maximum atomic E-state index is 4.63. The highest BCUT2D eigenvalue weighted by Crippen LogP contribution is 2.53. The van der Waals surface area contributed by atoms with E-state index in [2.05, 4.69) is 71.0 Å². The number of rotatable bonds is 4. The zero-order valence-corrected chi connectivity index (χ0v) is 14.4. The average Bonchev–Trinajstić information content (AvgIpc) is 3.52. The van der Waals surface area contributed by atoms with Gasteiger partial charge in [-0.3, -0.25) is 4.40 Å². The molecule has 2 heterocycles. The van der Waals surface area contributed by atoms with Gasteiger partial charge in [0, 0.05) is 6.20 Å². The number of aromatic nitrogens is 3. The number of nitrogens with zero attached hydrogens (tertiary/aromatic N) is 3. The third kappa shape index (κ3) is 2.03. The van der Waals surface area contributed by atoms with Crippen molar-refractivity contribution in [1.29, 1.82) is 0 Å². The summed E-state index contributed by atoms with van der Waals surface area (Å²) < 4.78 is 2.22. The van der Waals surface area contributed by atoms with Gasteiger partial charge in [0.2, 0.25) is 0 Å². The summed E-state index contributed by atoms with van der Waals surface area (Å²) in [7, 11) is 0. The number of fused-ring (bicyclic) bond motifs is 1. The molecule has 2 fully saturated rings. The molecule has 0 spiro atoms. The minimum Gasteiger partial charge on any atom is -0.285 e. The van der Waals surface area contributed by atoms with E-state index in [9.17, 15) is 0 Å². The van der Waals surface area contributed by atoms with Gasteiger partial charge in [0.15, 0.2) is 5.65 Å². The van der Waals surface area contributed by atoms with Crippen molar-refractivity contribution in [2.75, 3.05) is 0 Å². The molecule has 0 N–H and O–H groups in total. The molecule has 0 atom stereocenters. The smallest absolute Gasteiger partial charge is 0.164 e. The molecule has 3 nitrogen and oxygen atoms in total. The van der Waals surface area contributed by atoms with Crippen LogP contribution in [0.25, 0.3) is 5.65 Å². The van der Waals surface area contributed by atoms with Crippen LogP contribution in [0.1, 0.15) is 73.9 Å². The molecule has 0 radical (unpaired) electrons. The molecule has 2 aliphatic rings. The molecule has 2 aromatic heterocycles. The van der Waals surface area contributed by atoms with Crippen molar-refractivity contribution in [3.8, 4) is 0 Å². The van der Waals surface area contributed by atoms with Crippen LogP contribution in [0.5, 0.6) is 0 Å². The summed E-state index contributed by atoms with van der Waals surface area (Å²) in [4.78, 5) is 0. The Labute approximate surface area is 142 Å². The monoisotopic (exact) mass is 317 g/mol. The summed E-state index contributed by atoms with van der Waals surface area (Å²) in [6, 6.07) is 13.6. The number of benzene rings is 1. The van der Waals surface area contributed by atoms with Crippen molar-refractivity contribution in [3.63, 3.8) is 0 Å². The van der Waals surface area contributed by atoms with E-state index in [4.69, 9.17) is 0 Å². The molecule has 122 valence electrons. The standard InChI is InChI=1S/C21H23N3/c1-14(2)18-4-3-13-24-19(18)22-23-20(24)21(11-12-21)17-9-7-16(8-10-17)15-5-6-15/h3-4,7-10,13-15H,5-6,11-12H2,1-2H3. The average molecular weight is 317 g/mol. The summed E-state index contributed by atoms with van der Waals surface area (Å²) in [6.07, 6.45) is 7.18. The van der Waals surface area contributed by atoms with Gasteiger partial charge in [0.05, 0.1) is 5.41 Å². The Bertz CT molecular complexity index is 896. The van der Waals surface area contributed by atoms with Gasteiger partial charge >= 0.3 is 0 Å². The highest BCUT2D eigenvalue weighted by atomic mass is 15.3. The molecule has 0 amide bonds. The molecule has 2 aliphatic carbocycles. The Balaban J connectivity index is 1.60. The van der Waals surface area contributed by atoms with Crippen molar-refractivity contribution in [2.45, 2.75) is 56.8 Å². The van der Waals surface area contributed by atoms with E-state index in [0.29, 0.717) is 5.92 Å². The molecule has 0 aliphatic heterocycles. The van der Waals surface area contributed by atoms with Crippen LogP contribution >= 0.6 is 0 Å². The summed E-state index contributed by atoms with van der Waals surface area (Å²) in [5.41, 5.74) is 5.26. The van der Waals surface area contributed by atoms with Crippen molar-refractivity contribution in [2.24, 2.45) is 0 Å².